The van der Waals surface area contributed by atoms with Crippen LogP contribution in [0, 0.1) is 5.82 Å². The number of aliphatic hydroxyl groups is 1. The maximum absolute atomic E-state index is 14.4. The zero-order chi connectivity index (χ0) is 24.9. The van der Waals surface area contributed by atoms with Crippen molar-refractivity contribution >= 4 is 22.5 Å². The van der Waals surface area contributed by atoms with Crippen molar-refractivity contribution in [2.24, 2.45) is 0 Å². The van der Waals surface area contributed by atoms with Gasteiger partial charge < -0.3 is 20.5 Å². The lowest BCUT2D eigenvalue weighted by Crippen LogP contribution is -2.61. The van der Waals surface area contributed by atoms with Crippen LogP contribution in [0.25, 0.3) is 10.8 Å². The predicted molar refractivity (Wildman–Crippen MR) is 120 cm³/mol. The number of alkyl halides is 3. The Morgan fingerprint density at radius 1 is 1.09 bits per heavy atom. The Kier molecular flexibility index (Phi) is 5.72. The van der Waals surface area contributed by atoms with Gasteiger partial charge in [0.2, 0.25) is 0 Å². The van der Waals surface area contributed by atoms with Gasteiger partial charge in [-0.1, -0.05) is 50.2 Å². The highest BCUT2D eigenvalue weighted by molar-refractivity contribution is 5.93. The number of ether oxygens (including phenoxy) is 1. The van der Waals surface area contributed by atoms with E-state index in [9.17, 15) is 27.5 Å². The molecule has 0 saturated carbocycles. The Balaban J connectivity index is 1.74. The van der Waals surface area contributed by atoms with Crippen LogP contribution in [0.4, 0.5) is 28.0 Å². The summed E-state index contributed by atoms with van der Waals surface area (Å²) in [7, 11) is 1.22. The summed E-state index contributed by atoms with van der Waals surface area (Å²) < 4.78 is 62.2. The van der Waals surface area contributed by atoms with E-state index in [1.54, 1.807) is 18.2 Å². The summed E-state index contributed by atoms with van der Waals surface area (Å²) in [5.74, 6) is -0.959. The van der Waals surface area contributed by atoms with Gasteiger partial charge >= 0.3 is 12.2 Å². The molecule has 3 N–H and O–H groups in total. The van der Waals surface area contributed by atoms with Crippen LogP contribution in [-0.4, -0.2) is 30.0 Å². The molecule has 0 saturated heterocycles. The maximum Gasteiger partial charge on any atom is 0.419 e. The molecular formula is C25H24F4N2O3. The molecule has 180 valence electrons. The van der Waals surface area contributed by atoms with E-state index in [-0.39, 0.29) is 16.9 Å². The van der Waals surface area contributed by atoms with Crippen molar-refractivity contribution in [1.29, 1.82) is 0 Å². The lowest BCUT2D eigenvalue weighted by Gasteiger charge is -2.48. The fraction of sp³-hybridized carbons (Fsp3) is 0.320. The predicted octanol–water partition coefficient (Wildman–Crippen LogP) is 5.83. The summed E-state index contributed by atoms with van der Waals surface area (Å²) in [5.41, 5.74) is -4.14. The summed E-state index contributed by atoms with van der Waals surface area (Å²) in [6.07, 6.45) is -5.89. The molecule has 1 aliphatic rings. The molecule has 2 amide bonds. The third kappa shape index (κ3) is 3.94. The van der Waals surface area contributed by atoms with E-state index in [1.165, 1.54) is 21.0 Å². The van der Waals surface area contributed by atoms with Gasteiger partial charge in [-0.05, 0) is 46.4 Å². The average Bonchev–Trinajstić information content (AvgIpc) is 2.75. The lowest BCUT2D eigenvalue weighted by atomic mass is 9.63. The number of rotatable bonds is 3. The van der Waals surface area contributed by atoms with E-state index in [0.29, 0.717) is 5.69 Å². The highest BCUT2D eigenvalue weighted by Crippen LogP contribution is 2.55. The monoisotopic (exact) mass is 476 g/mol. The summed E-state index contributed by atoms with van der Waals surface area (Å²) in [6.45, 7) is 2.94. The molecule has 3 aromatic rings. The fourth-order valence-corrected chi connectivity index (χ4v) is 4.86. The normalized spacial score (nSPS) is 21.6. The smallest absolute Gasteiger partial charge is 0.419 e. The molecule has 0 aliphatic heterocycles. The number of halogens is 4. The third-order valence-corrected chi connectivity index (χ3v) is 6.30. The largest absolute Gasteiger partial charge is 0.493 e. The molecule has 4 rings (SSSR count). The molecule has 34 heavy (non-hydrogen) atoms. The Labute approximate surface area is 193 Å². The molecular weight excluding hydrogens is 452 g/mol. The Morgan fingerprint density at radius 2 is 1.76 bits per heavy atom. The van der Waals surface area contributed by atoms with Crippen LogP contribution in [-0.2, 0) is 5.41 Å². The number of anilines is 1. The topological polar surface area (TPSA) is 70.6 Å². The number of benzene rings is 3. The molecule has 0 aromatic heterocycles. The number of amides is 2. The first-order chi connectivity index (χ1) is 15.9. The standard InChI is InChI=1S/C25H24F4N2O3/c1-23(2)13-24(33,25(27,28)29)21(17-10-11-18(26)20(34-3)19(17)23)31-22(32)30-16-9-8-14-6-4-5-7-15(14)12-16/h4-12,21,33H,13H2,1-3H3,(H2,30,31,32)/t21-,24+/m1/s1. The highest BCUT2D eigenvalue weighted by atomic mass is 19.4. The molecule has 0 fully saturated rings. The second-order valence-corrected chi connectivity index (χ2v) is 9.12. The quantitative estimate of drug-likeness (QED) is 0.417. The fourth-order valence-electron chi connectivity index (χ4n) is 4.86. The molecule has 0 radical (unpaired) electrons. The second kappa shape index (κ2) is 8.16. The average molecular weight is 476 g/mol. The van der Waals surface area contributed by atoms with Gasteiger partial charge in [0, 0.05) is 11.3 Å². The van der Waals surface area contributed by atoms with Crippen LogP contribution in [0.2, 0.25) is 0 Å². The van der Waals surface area contributed by atoms with E-state index in [4.69, 9.17) is 4.74 Å². The molecule has 1 aliphatic carbocycles. The van der Waals surface area contributed by atoms with Crippen LogP contribution < -0.4 is 15.4 Å². The van der Waals surface area contributed by atoms with Crippen LogP contribution in [0.3, 0.4) is 0 Å². The van der Waals surface area contributed by atoms with E-state index >= 15 is 0 Å². The van der Waals surface area contributed by atoms with Gasteiger partial charge in [0.1, 0.15) is 0 Å². The minimum absolute atomic E-state index is 0.0667. The number of urea groups is 1. The van der Waals surface area contributed by atoms with Crippen LogP contribution in [0.15, 0.2) is 54.6 Å². The highest BCUT2D eigenvalue weighted by Gasteiger charge is 2.64. The summed E-state index contributed by atoms with van der Waals surface area (Å²) in [4.78, 5) is 12.8. The lowest BCUT2D eigenvalue weighted by molar-refractivity contribution is -0.280. The minimum Gasteiger partial charge on any atom is -0.493 e. The van der Waals surface area contributed by atoms with Gasteiger partial charge in [0.25, 0.3) is 0 Å². The summed E-state index contributed by atoms with van der Waals surface area (Å²) >= 11 is 0. The number of carbonyl (C=O) groups excluding carboxylic acids is 1. The van der Waals surface area contributed by atoms with Crippen molar-refractivity contribution in [3.63, 3.8) is 0 Å². The molecule has 5 nitrogen and oxygen atoms in total. The number of fused-ring (bicyclic) bond motifs is 2. The number of hydrogen-bond acceptors (Lipinski definition) is 3. The van der Waals surface area contributed by atoms with Crippen molar-refractivity contribution in [3.8, 4) is 5.75 Å². The van der Waals surface area contributed by atoms with E-state index in [1.807, 2.05) is 24.3 Å². The minimum atomic E-state index is -5.08. The van der Waals surface area contributed by atoms with E-state index in [0.717, 1.165) is 22.9 Å². The maximum atomic E-state index is 14.4. The van der Waals surface area contributed by atoms with E-state index in [2.05, 4.69) is 10.6 Å². The molecule has 0 unspecified atom stereocenters. The number of nitrogens with one attached hydrogen (secondary N) is 2. The van der Waals surface area contributed by atoms with Gasteiger partial charge in [-0.2, -0.15) is 13.2 Å². The first kappa shape index (κ1) is 23.8. The van der Waals surface area contributed by atoms with Crippen molar-refractivity contribution in [2.75, 3.05) is 12.4 Å². The first-order valence-corrected chi connectivity index (χ1v) is 10.6. The number of carbonyl (C=O) groups is 1. The molecule has 2 atom stereocenters. The van der Waals surface area contributed by atoms with Gasteiger partial charge in [-0.25, -0.2) is 9.18 Å². The van der Waals surface area contributed by atoms with Gasteiger partial charge in [-0.3, -0.25) is 0 Å². The molecule has 9 heteroatoms. The Hall–Kier alpha value is -3.33. The molecule has 0 bridgehead atoms. The third-order valence-electron chi connectivity index (χ3n) is 6.30. The Bertz CT molecular complexity index is 1260. The van der Waals surface area contributed by atoms with Crippen molar-refractivity contribution < 1.29 is 32.2 Å². The van der Waals surface area contributed by atoms with Crippen molar-refractivity contribution in [1.82, 2.24) is 5.32 Å². The summed E-state index contributed by atoms with van der Waals surface area (Å²) in [5, 5.41) is 17.5. The van der Waals surface area contributed by atoms with Crippen molar-refractivity contribution in [2.45, 2.75) is 43.5 Å². The van der Waals surface area contributed by atoms with Gasteiger partial charge in [0.15, 0.2) is 17.2 Å². The van der Waals surface area contributed by atoms with Crippen LogP contribution >= 0.6 is 0 Å². The zero-order valence-electron chi connectivity index (χ0n) is 18.8. The van der Waals surface area contributed by atoms with Crippen LogP contribution in [0.1, 0.15) is 37.4 Å². The van der Waals surface area contributed by atoms with Gasteiger partial charge in [-0.15, -0.1) is 0 Å². The zero-order valence-corrected chi connectivity index (χ0v) is 18.8. The van der Waals surface area contributed by atoms with Crippen molar-refractivity contribution in [3.05, 3.63) is 71.5 Å². The molecule has 0 spiro atoms. The Morgan fingerprint density at radius 3 is 2.41 bits per heavy atom. The number of hydrogen-bond donors (Lipinski definition) is 3. The molecule has 0 heterocycles. The SMILES string of the molecule is COc1c(F)ccc2c1C(C)(C)C[C@@](O)(C(F)(F)F)[C@@H]2NC(=O)Nc1ccc2ccccc2c1. The number of methoxy groups -OCH3 is 1. The molecule has 3 aromatic carbocycles. The first-order valence-electron chi connectivity index (χ1n) is 10.6. The van der Waals surface area contributed by atoms with Crippen LogP contribution in [0.5, 0.6) is 5.75 Å². The summed E-state index contributed by atoms with van der Waals surface area (Å²) in [6, 6.07) is 11.7. The second-order valence-electron chi connectivity index (χ2n) is 9.12. The van der Waals surface area contributed by atoms with E-state index < -0.39 is 41.5 Å². The van der Waals surface area contributed by atoms with Gasteiger partial charge in [0.05, 0.1) is 13.2 Å².